The maximum absolute atomic E-state index is 14.3. The Morgan fingerprint density at radius 2 is 0.900 bits per heavy atom. The Kier molecular flexibility index (Phi) is 13.6. The Hall–Kier alpha value is -2.26. The largest absolute Gasteiger partial charge is 0.416 e. The molecule has 1 N–H and O–H groups in total. The first-order valence-electron chi connectivity index (χ1n) is 17.1. The minimum absolute atomic E-state index is 0.00218. The predicted molar refractivity (Wildman–Crippen MR) is 170 cm³/mol. The van der Waals surface area contributed by atoms with E-state index in [0.717, 1.165) is 19.3 Å². The highest BCUT2D eigenvalue weighted by molar-refractivity contribution is 6.54. The first-order valence-corrected chi connectivity index (χ1v) is 19.3. The molecule has 2 aromatic rings. The minimum atomic E-state index is -5.34. The number of rotatable bonds is 15. The third-order valence-electron chi connectivity index (χ3n) is 9.89. The van der Waals surface area contributed by atoms with Crippen LogP contribution in [0, 0.1) is 0 Å². The van der Waals surface area contributed by atoms with E-state index in [1.165, 1.54) is 0 Å². The van der Waals surface area contributed by atoms with E-state index in [1.54, 1.807) is 6.55 Å². The summed E-state index contributed by atoms with van der Waals surface area (Å²) in [6.07, 6.45) is -15.0. The SMILES string of the molecule is CCCCC(CCCC)(CCCC)[SiH](C)OC(c1cc(C(F)(F)F)cc(C(F)(F)F)c1)(c1cc(C(F)(F)F)cc(C(F)(F)F)c1)[C@H]1CCCN1. The molecule has 0 amide bonds. The third kappa shape index (κ3) is 9.78. The topological polar surface area (TPSA) is 21.3 Å². The zero-order chi connectivity index (χ0) is 37.8. The van der Waals surface area contributed by atoms with Crippen molar-refractivity contribution in [1.29, 1.82) is 0 Å². The van der Waals surface area contributed by atoms with Crippen molar-refractivity contribution < 1.29 is 57.1 Å². The zero-order valence-corrected chi connectivity index (χ0v) is 29.7. The molecule has 1 fully saturated rings. The summed E-state index contributed by atoms with van der Waals surface area (Å²) in [4.78, 5) is 0. The van der Waals surface area contributed by atoms with E-state index in [9.17, 15) is 52.7 Å². The van der Waals surface area contributed by atoms with E-state index in [0.29, 0.717) is 69.2 Å². The molecule has 1 aliphatic rings. The molecule has 2 atom stereocenters. The van der Waals surface area contributed by atoms with E-state index in [2.05, 4.69) is 5.32 Å². The number of nitrogens with one attached hydrogen (secondary N) is 1. The van der Waals surface area contributed by atoms with E-state index in [1.807, 2.05) is 20.8 Å². The number of benzene rings is 2. The monoisotopic (exact) mass is 751 g/mol. The van der Waals surface area contributed by atoms with Crippen molar-refractivity contribution in [3.05, 3.63) is 69.8 Å². The second kappa shape index (κ2) is 16.2. The molecule has 2 aromatic carbocycles. The third-order valence-corrected chi connectivity index (χ3v) is 13.2. The standard InChI is InChI=1S/C35H45F12NOSi/c1-5-8-13-30(14-9-6-2,15-10-7-3)50(4)49-31(29-12-11-16-48-29,23-17-25(32(36,37)38)21-26(18-23)33(39,40)41)24-19-27(34(42,43)44)22-28(20-24)35(45,46)47/h17-22,29,48,50H,5-16H2,1-4H3/t29-,50?/m1/s1. The normalized spacial score (nSPS) is 17.4. The van der Waals surface area contributed by atoms with Gasteiger partial charge in [-0.2, -0.15) is 52.7 Å². The molecule has 1 unspecified atom stereocenters. The number of alkyl halides is 12. The molecule has 1 aliphatic heterocycles. The second-order valence-corrected chi connectivity index (χ2v) is 16.2. The van der Waals surface area contributed by atoms with Crippen molar-refractivity contribution in [2.45, 2.75) is 139 Å². The van der Waals surface area contributed by atoms with Crippen LogP contribution in [0.2, 0.25) is 11.6 Å². The molecule has 0 saturated carbocycles. The fraction of sp³-hybridized carbons (Fsp3) is 0.657. The summed E-state index contributed by atoms with van der Waals surface area (Å²) < 4.78 is 179. The zero-order valence-electron chi connectivity index (χ0n) is 28.5. The Morgan fingerprint density at radius 3 is 1.16 bits per heavy atom. The second-order valence-electron chi connectivity index (χ2n) is 13.4. The lowest BCUT2D eigenvalue weighted by molar-refractivity contribution is -0.144. The van der Waals surface area contributed by atoms with Crippen molar-refractivity contribution in [2.24, 2.45) is 0 Å². The van der Waals surface area contributed by atoms with Gasteiger partial charge in [0.1, 0.15) is 5.60 Å². The van der Waals surface area contributed by atoms with Crippen molar-refractivity contribution in [3.8, 4) is 0 Å². The van der Waals surface area contributed by atoms with Crippen LogP contribution in [-0.4, -0.2) is 21.6 Å². The summed E-state index contributed by atoms with van der Waals surface area (Å²) >= 11 is 0. The maximum atomic E-state index is 14.3. The van der Waals surface area contributed by atoms with Crippen LogP contribution >= 0.6 is 0 Å². The van der Waals surface area contributed by atoms with Gasteiger partial charge in [0.25, 0.3) is 0 Å². The van der Waals surface area contributed by atoms with Crippen LogP contribution in [0.15, 0.2) is 36.4 Å². The van der Waals surface area contributed by atoms with Crippen LogP contribution in [-0.2, 0) is 34.7 Å². The van der Waals surface area contributed by atoms with Crippen LogP contribution in [0.4, 0.5) is 52.7 Å². The number of halogens is 12. The quantitative estimate of drug-likeness (QED) is 0.145. The number of hydrogen-bond acceptors (Lipinski definition) is 2. The molecule has 0 radical (unpaired) electrons. The molecule has 15 heteroatoms. The van der Waals surface area contributed by atoms with E-state index in [4.69, 9.17) is 4.43 Å². The summed E-state index contributed by atoms with van der Waals surface area (Å²) in [6.45, 7) is 7.74. The molecular formula is C35H45F12NOSi. The predicted octanol–water partition coefficient (Wildman–Crippen LogP) is 12.4. The Morgan fingerprint density at radius 1 is 0.580 bits per heavy atom. The van der Waals surface area contributed by atoms with Gasteiger partial charge in [0, 0.05) is 6.04 Å². The van der Waals surface area contributed by atoms with Gasteiger partial charge in [-0.3, -0.25) is 0 Å². The Labute approximate surface area is 287 Å². The van der Waals surface area contributed by atoms with Gasteiger partial charge >= 0.3 is 24.7 Å². The van der Waals surface area contributed by atoms with E-state index < -0.39 is 83.8 Å². The van der Waals surface area contributed by atoms with Gasteiger partial charge in [0.15, 0.2) is 9.04 Å². The highest BCUT2D eigenvalue weighted by Crippen LogP contribution is 2.53. The Balaban J connectivity index is 2.58. The number of hydrogen-bond donors (Lipinski definition) is 1. The first-order chi connectivity index (χ1) is 23.0. The summed E-state index contributed by atoms with van der Waals surface area (Å²) in [7, 11) is -2.96. The lowest BCUT2D eigenvalue weighted by Gasteiger charge is -2.48. The number of unbranched alkanes of at least 4 members (excludes halogenated alkanes) is 3. The molecule has 3 rings (SSSR count). The summed E-state index contributed by atoms with van der Waals surface area (Å²) in [6, 6.07) is 0.0566. The molecule has 0 aromatic heterocycles. The van der Waals surface area contributed by atoms with E-state index in [-0.39, 0.29) is 25.1 Å². The fourth-order valence-corrected chi connectivity index (χ4v) is 10.2. The van der Waals surface area contributed by atoms with Crippen LogP contribution < -0.4 is 5.32 Å². The van der Waals surface area contributed by atoms with Crippen molar-refractivity contribution in [2.75, 3.05) is 6.54 Å². The van der Waals surface area contributed by atoms with Crippen LogP contribution in [0.3, 0.4) is 0 Å². The lowest BCUT2D eigenvalue weighted by atomic mass is 9.77. The smallest absolute Gasteiger partial charge is 0.405 e. The van der Waals surface area contributed by atoms with Gasteiger partial charge < -0.3 is 9.74 Å². The minimum Gasteiger partial charge on any atom is -0.405 e. The van der Waals surface area contributed by atoms with Gasteiger partial charge in [-0.05, 0) is 97.8 Å². The summed E-state index contributed by atoms with van der Waals surface area (Å²) in [5.74, 6) is 0. The lowest BCUT2D eigenvalue weighted by Crippen LogP contribution is -2.53. The van der Waals surface area contributed by atoms with Crippen molar-refractivity contribution >= 4 is 9.04 Å². The van der Waals surface area contributed by atoms with Crippen molar-refractivity contribution in [3.63, 3.8) is 0 Å². The molecule has 0 bridgehead atoms. The molecule has 1 saturated heterocycles. The highest BCUT2D eigenvalue weighted by atomic mass is 28.3. The van der Waals surface area contributed by atoms with Crippen LogP contribution in [0.25, 0.3) is 0 Å². The van der Waals surface area contributed by atoms with Crippen LogP contribution in [0.1, 0.15) is 125 Å². The van der Waals surface area contributed by atoms with Gasteiger partial charge in [0.2, 0.25) is 0 Å². The first kappa shape index (κ1) is 42.2. The van der Waals surface area contributed by atoms with Gasteiger partial charge in [-0.25, -0.2) is 0 Å². The Bertz CT molecular complexity index is 1230. The van der Waals surface area contributed by atoms with Gasteiger partial charge in [-0.1, -0.05) is 59.3 Å². The fourth-order valence-electron chi connectivity index (χ4n) is 7.13. The molecule has 1 heterocycles. The maximum Gasteiger partial charge on any atom is 0.416 e. The van der Waals surface area contributed by atoms with E-state index >= 15 is 0 Å². The summed E-state index contributed by atoms with van der Waals surface area (Å²) in [5, 5.41) is 2.38. The molecular weight excluding hydrogens is 706 g/mol. The molecule has 0 aliphatic carbocycles. The molecule has 50 heavy (non-hydrogen) atoms. The molecule has 284 valence electrons. The summed E-state index contributed by atoms with van der Waals surface area (Å²) in [5.41, 5.74) is -11.2. The molecule has 0 spiro atoms. The highest BCUT2D eigenvalue weighted by Gasteiger charge is 2.52. The molecule has 2 nitrogen and oxygen atoms in total. The average Bonchev–Trinajstić information content (AvgIpc) is 3.57. The van der Waals surface area contributed by atoms with Crippen molar-refractivity contribution in [1.82, 2.24) is 5.32 Å². The van der Waals surface area contributed by atoms with Crippen LogP contribution in [0.5, 0.6) is 0 Å². The average molecular weight is 752 g/mol. The van der Waals surface area contributed by atoms with Gasteiger partial charge in [-0.15, -0.1) is 0 Å². The van der Waals surface area contributed by atoms with Gasteiger partial charge in [0.05, 0.1) is 22.3 Å².